The molecule has 5 atom stereocenters. The Labute approximate surface area is 294 Å². The normalized spacial score (nSPS) is 19.1. The molecule has 264 valence electrons. The second-order valence-corrected chi connectivity index (χ2v) is 15.5. The molecule has 3 N–H and O–H groups in total. The van der Waals surface area contributed by atoms with E-state index in [2.05, 4.69) is 20.8 Å². The number of esters is 2. The largest absolute Gasteiger partial charge is 0.444 e. The van der Waals surface area contributed by atoms with Crippen LogP contribution in [0.2, 0.25) is 0 Å². The SMILES string of the molecule is CC(=O)OC(C)OC(=O)C1=C(CSc2nnc(C)s2)CS[C@H]2C(NC(=O)C(O)c3ccccc3C(=O)[C@H](C)NC(=O)OC(C)(C)C)C(=O)N12. The first-order valence-electron chi connectivity index (χ1n) is 15.1. The van der Waals surface area contributed by atoms with E-state index in [-0.39, 0.29) is 22.6 Å². The fraction of sp³-hybridized carbons (Fsp3) is 0.484. The summed E-state index contributed by atoms with van der Waals surface area (Å²) in [6, 6.07) is 3.72. The minimum absolute atomic E-state index is 0.00931. The molecule has 1 saturated heterocycles. The van der Waals surface area contributed by atoms with Gasteiger partial charge in [0.05, 0.1) is 6.04 Å². The Kier molecular flexibility index (Phi) is 12.1. The van der Waals surface area contributed by atoms with Crippen LogP contribution in [-0.2, 0) is 33.4 Å². The summed E-state index contributed by atoms with van der Waals surface area (Å²) in [5.41, 5.74) is -0.293. The van der Waals surface area contributed by atoms with E-state index in [1.807, 2.05) is 6.92 Å². The summed E-state index contributed by atoms with van der Waals surface area (Å²) in [5.74, 6) is -3.12. The lowest BCUT2D eigenvalue weighted by Crippen LogP contribution is -2.71. The third-order valence-electron chi connectivity index (χ3n) is 6.92. The predicted molar refractivity (Wildman–Crippen MR) is 179 cm³/mol. The minimum atomic E-state index is -1.85. The van der Waals surface area contributed by atoms with E-state index in [0.717, 1.165) is 5.01 Å². The topological polar surface area (TPSA) is 203 Å². The van der Waals surface area contributed by atoms with E-state index < -0.39 is 71.1 Å². The maximum Gasteiger partial charge on any atom is 0.408 e. The lowest BCUT2D eigenvalue weighted by atomic mass is 9.95. The van der Waals surface area contributed by atoms with E-state index in [1.165, 1.54) is 78.7 Å². The summed E-state index contributed by atoms with van der Waals surface area (Å²) >= 11 is 4.01. The molecule has 1 fully saturated rings. The fourth-order valence-electron chi connectivity index (χ4n) is 4.85. The molecule has 3 amide bonds. The standard InChI is InChI=1S/C31H37N5O10S3/c1-14(32-29(43)46-31(5,6)7)23(38)19-10-8-9-11-20(19)24(39)25(40)33-21-26(41)36-22(28(42)45-17(4)44-16(3)37)18(12-47-27(21)36)13-48-30-35-34-15(2)49-30/h8-11,14,17,21,24,27,39H,12-13H2,1-7H3,(H,32,43)(H,33,40)/t14-,17?,21?,24?,27-/m0/s1. The molecule has 0 aliphatic carbocycles. The van der Waals surface area contributed by atoms with Crippen molar-refractivity contribution in [3.8, 4) is 0 Å². The Balaban J connectivity index is 1.49. The number of benzene rings is 1. The van der Waals surface area contributed by atoms with Crippen molar-refractivity contribution in [3.63, 3.8) is 0 Å². The molecule has 0 saturated carbocycles. The minimum Gasteiger partial charge on any atom is -0.444 e. The first kappa shape index (κ1) is 37.8. The quantitative estimate of drug-likeness (QED) is 0.0944. The number of aryl methyl sites for hydroxylation is 1. The fourth-order valence-corrected chi connectivity index (χ4v) is 8.15. The lowest BCUT2D eigenvalue weighted by molar-refractivity contribution is -0.182. The number of nitrogens with one attached hydrogen (secondary N) is 2. The van der Waals surface area contributed by atoms with Crippen molar-refractivity contribution in [1.82, 2.24) is 25.7 Å². The Bertz CT molecular complexity index is 1670. The van der Waals surface area contributed by atoms with Gasteiger partial charge in [0.1, 0.15) is 27.7 Å². The van der Waals surface area contributed by atoms with E-state index in [1.54, 1.807) is 26.8 Å². The highest BCUT2D eigenvalue weighted by Crippen LogP contribution is 2.42. The van der Waals surface area contributed by atoms with Gasteiger partial charge < -0.3 is 30.0 Å². The maximum absolute atomic E-state index is 13.5. The van der Waals surface area contributed by atoms with Crippen molar-refractivity contribution in [2.24, 2.45) is 0 Å². The van der Waals surface area contributed by atoms with Gasteiger partial charge in [0.25, 0.3) is 11.8 Å². The summed E-state index contributed by atoms with van der Waals surface area (Å²) in [6.45, 7) is 10.8. The van der Waals surface area contributed by atoms with Crippen molar-refractivity contribution in [2.45, 2.75) is 88.3 Å². The van der Waals surface area contributed by atoms with E-state index >= 15 is 0 Å². The first-order valence-corrected chi connectivity index (χ1v) is 17.9. The highest BCUT2D eigenvalue weighted by atomic mass is 32.2. The van der Waals surface area contributed by atoms with Gasteiger partial charge in [-0.2, -0.15) is 0 Å². The number of thioether (sulfide) groups is 2. The van der Waals surface area contributed by atoms with Crippen molar-refractivity contribution < 1.29 is 48.1 Å². The Morgan fingerprint density at radius 1 is 1.12 bits per heavy atom. The average Bonchev–Trinajstić information content (AvgIpc) is 3.44. The van der Waals surface area contributed by atoms with E-state index in [9.17, 15) is 33.9 Å². The van der Waals surface area contributed by atoms with Gasteiger partial charge in [-0.1, -0.05) is 47.4 Å². The van der Waals surface area contributed by atoms with Gasteiger partial charge in [0.15, 0.2) is 16.2 Å². The number of carbonyl (C=O) groups excluding carboxylic acids is 6. The number of fused-ring (bicyclic) bond motifs is 1. The van der Waals surface area contributed by atoms with Gasteiger partial charge >= 0.3 is 18.0 Å². The van der Waals surface area contributed by atoms with Crippen LogP contribution in [0.5, 0.6) is 0 Å². The number of hydrogen-bond acceptors (Lipinski definition) is 15. The number of aliphatic hydroxyl groups excluding tert-OH is 1. The zero-order valence-electron chi connectivity index (χ0n) is 27.8. The summed E-state index contributed by atoms with van der Waals surface area (Å²) in [4.78, 5) is 78.3. The lowest BCUT2D eigenvalue weighted by Gasteiger charge is -2.50. The van der Waals surface area contributed by atoms with Crippen LogP contribution in [0.25, 0.3) is 0 Å². The Morgan fingerprint density at radius 3 is 2.45 bits per heavy atom. The van der Waals surface area contributed by atoms with Gasteiger partial charge in [-0.25, -0.2) is 9.59 Å². The van der Waals surface area contributed by atoms with Crippen LogP contribution in [0, 0.1) is 6.92 Å². The molecule has 2 aliphatic heterocycles. The number of β-lactam (4-membered cyclic amide) rings is 1. The molecular formula is C31H37N5O10S3. The van der Waals surface area contributed by atoms with E-state index in [0.29, 0.717) is 15.7 Å². The van der Waals surface area contributed by atoms with Crippen LogP contribution in [0.1, 0.15) is 68.6 Å². The first-order chi connectivity index (χ1) is 23.0. The molecule has 1 aromatic carbocycles. The second-order valence-electron chi connectivity index (χ2n) is 12.0. The number of rotatable bonds is 12. The molecule has 2 aliphatic rings. The number of alkyl carbamates (subject to hydrolysis) is 1. The summed E-state index contributed by atoms with van der Waals surface area (Å²) < 4.78 is 16.1. The molecule has 3 heterocycles. The molecule has 3 unspecified atom stereocenters. The monoisotopic (exact) mass is 735 g/mol. The molecule has 0 spiro atoms. The smallest absolute Gasteiger partial charge is 0.408 e. The molecule has 0 bridgehead atoms. The van der Waals surface area contributed by atoms with Gasteiger partial charge in [0.2, 0.25) is 6.29 Å². The number of hydrogen-bond donors (Lipinski definition) is 3. The Hall–Kier alpha value is -4.00. The highest BCUT2D eigenvalue weighted by molar-refractivity contribution is 8.01. The van der Waals surface area contributed by atoms with Crippen LogP contribution in [-0.4, -0.2) is 96.7 Å². The van der Waals surface area contributed by atoms with Gasteiger partial charge in [-0.05, 0) is 40.2 Å². The van der Waals surface area contributed by atoms with Crippen LogP contribution in [0.4, 0.5) is 4.79 Å². The number of nitrogens with zero attached hydrogens (tertiary/aromatic N) is 3. The van der Waals surface area contributed by atoms with Crippen LogP contribution in [0.15, 0.2) is 39.9 Å². The number of aromatic nitrogens is 2. The van der Waals surface area contributed by atoms with Crippen LogP contribution in [0.3, 0.4) is 0 Å². The van der Waals surface area contributed by atoms with Gasteiger partial charge in [-0.15, -0.1) is 22.0 Å². The van der Waals surface area contributed by atoms with Crippen molar-refractivity contribution in [1.29, 1.82) is 0 Å². The van der Waals surface area contributed by atoms with Gasteiger partial charge in [-0.3, -0.25) is 24.1 Å². The van der Waals surface area contributed by atoms with Crippen molar-refractivity contribution in [3.05, 3.63) is 51.7 Å². The van der Waals surface area contributed by atoms with Crippen molar-refractivity contribution >= 4 is 70.5 Å². The Morgan fingerprint density at radius 2 is 1.82 bits per heavy atom. The zero-order chi connectivity index (χ0) is 36.2. The zero-order valence-corrected chi connectivity index (χ0v) is 30.2. The third kappa shape index (κ3) is 9.37. The number of aliphatic hydroxyl groups is 1. The molecule has 0 radical (unpaired) electrons. The van der Waals surface area contributed by atoms with E-state index in [4.69, 9.17) is 14.2 Å². The molecule has 15 nitrogen and oxygen atoms in total. The summed E-state index contributed by atoms with van der Waals surface area (Å²) in [6.07, 6.45) is -3.88. The number of ether oxygens (including phenoxy) is 3. The van der Waals surface area contributed by atoms with Crippen LogP contribution >= 0.6 is 34.9 Å². The highest BCUT2D eigenvalue weighted by Gasteiger charge is 2.55. The number of ketones is 1. The number of amides is 3. The van der Waals surface area contributed by atoms with Crippen molar-refractivity contribution in [2.75, 3.05) is 11.5 Å². The molecule has 2 aromatic rings. The molecular weight excluding hydrogens is 699 g/mol. The predicted octanol–water partition coefficient (Wildman–Crippen LogP) is 2.87. The molecule has 49 heavy (non-hydrogen) atoms. The summed E-state index contributed by atoms with van der Waals surface area (Å²) in [7, 11) is 0. The third-order valence-corrected chi connectivity index (χ3v) is 10.3. The molecule has 18 heteroatoms. The maximum atomic E-state index is 13.5. The molecule has 4 rings (SSSR count). The molecule has 1 aromatic heterocycles. The number of carbonyl (C=O) groups is 6. The summed E-state index contributed by atoms with van der Waals surface area (Å²) in [5, 5.41) is 24.2. The van der Waals surface area contributed by atoms with Gasteiger partial charge in [0, 0.05) is 36.5 Å². The van der Waals surface area contributed by atoms with Crippen LogP contribution < -0.4 is 10.6 Å². The number of Topliss-reactive ketones (excluding diaryl/α,β-unsaturated/α-hetero) is 1. The average molecular weight is 736 g/mol. The second kappa shape index (κ2) is 15.7.